The number of fused-ring (bicyclic) bond motifs is 1. The Morgan fingerprint density at radius 1 is 0.645 bits per heavy atom. The smallest absolute Gasteiger partial charge is 0.139 e. The third kappa shape index (κ3) is 5.17. The van der Waals surface area contributed by atoms with Crippen LogP contribution in [0.2, 0.25) is 0 Å². The molecule has 0 unspecified atom stereocenters. The molecular formula is C28H18F2O. The number of hydrogen-bond donors (Lipinski definition) is 0. The van der Waals surface area contributed by atoms with Crippen LogP contribution in [-0.2, 0) is 11.3 Å². The van der Waals surface area contributed by atoms with E-state index in [1.807, 2.05) is 42.5 Å². The number of rotatable bonds is 2. The second-order valence-electron chi connectivity index (χ2n) is 7.03. The Balaban J connectivity index is 1.49. The first kappa shape index (κ1) is 20.4. The average molecular weight is 408 g/mol. The van der Waals surface area contributed by atoms with Gasteiger partial charge in [0, 0.05) is 23.8 Å². The van der Waals surface area contributed by atoms with Crippen LogP contribution in [0, 0.1) is 35.3 Å². The van der Waals surface area contributed by atoms with Crippen LogP contribution in [-0.4, -0.2) is 7.11 Å². The van der Waals surface area contributed by atoms with Gasteiger partial charge in [-0.1, -0.05) is 41.9 Å². The lowest BCUT2D eigenvalue weighted by atomic mass is 10.1. The monoisotopic (exact) mass is 408 g/mol. The second kappa shape index (κ2) is 9.26. The number of benzene rings is 4. The largest absolute Gasteiger partial charge is 0.380 e. The Hall–Kier alpha value is -3.92. The van der Waals surface area contributed by atoms with E-state index in [9.17, 15) is 8.78 Å². The topological polar surface area (TPSA) is 9.23 Å². The van der Waals surface area contributed by atoms with Crippen molar-refractivity contribution in [1.29, 1.82) is 0 Å². The lowest BCUT2D eigenvalue weighted by Gasteiger charge is -2.00. The van der Waals surface area contributed by atoms with Crippen molar-refractivity contribution in [3.63, 3.8) is 0 Å². The van der Waals surface area contributed by atoms with E-state index in [1.165, 1.54) is 18.2 Å². The van der Waals surface area contributed by atoms with Crippen LogP contribution in [0.1, 0.15) is 27.8 Å². The van der Waals surface area contributed by atoms with Gasteiger partial charge in [-0.2, -0.15) is 0 Å². The SMILES string of the molecule is COCc1ccc(C#Cc2ccc(C#Cc3ccc4cc(F)ccc4c3)cc2)c(F)c1. The lowest BCUT2D eigenvalue weighted by molar-refractivity contribution is 0.184. The minimum Gasteiger partial charge on any atom is -0.380 e. The Morgan fingerprint density at radius 2 is 1.26 bits per heavy atom. The minimum absolute atomic E-state index is 0.250. The number of hydrogen-bond acceptors (Lipinski definition) is 1. The molecule has 0 fully saturated rings. The maximum absolute atomic E-state index is 14.1. The van der Waals surface area contributed by atoms with Gasteiger partial charge in [-0.15, -0.1) is 0 Å². The van der Waals surface area contributed by atoms with Crippen molar-refractivity contribution >= 4 is 10.8 Å². The quantitative estimate of drug-likeness (QED) is 0.366. The van der Waals surface area contributed by atoms with Crippen molar-refractivity contribution < 1.29 is 13.5 Å². The summed E-state index contributed by atoms with van der Waals surface area (Å²) >= 11 is 0. The van der Waals surface area contributed by atoms with Crippen molar-refractivity contribution in [2.75, 3.05) is 7.11 Å². The number of methoxy groups -OCH3 is 1. The van der Waals surface area contributed by atoms with Crippen LogP contribution >= 0.6 is 0 Å². The zero-order valence-electron chi connectivity index (χ0n) is 16.9. The molecule has 0 amide bonds. The van der Waals surface area contributed by atoms with Crippen molar-refractivity contribution in [3.8, 4) is 23.7 Å². The average Bonchev–Trinajstić information content (AvgIpc) is 2.78. The molecule has 150 valence electrons. The Kier molecular flexibility index (Phi) is 6.08. The molecule has 0 heterocycles. The van der Waals surface area contributed by atoms with E-state index in [1.54, 1.807) is 25.3 Å². The highest BCUT2D eigenvalue weighted by molar-refractivity contribution is 5.84. The summed E-state index contributed by atoms with van der Waals surface area (Å²) in [6.45, 7) is 0.366. The zero-order valence-corrected chi connectivity index (χ0v) is 16.9. The van der Waals surface area contributed by atoms with Gasteiger partial charge in [0.25, 0.3) is 0 Å². The molecule has 31 heavy (non-hydrogen) atoms. The fourth-order valence-electron chi connectivity index (χ4n) is 3.13. The van der Waals surface area contributed by atoms with Crippen LogP contribution in [0.25, 0.3) is 10.8 Å². The summed E-state index contributed by atoms with van der Waals surface area (Å²) in [5.74, 6) is 11.5. The molecular weight excluding hydrogens is 390 g/mol. The fourth-order valence-corrected chi connectivity index (χ4v) is 3.13. The van der Waals surface area contributed by atoms with E-state index in [-0.39, 0.29) is 11.6 Å². The third-order valence-electron chi connectivity index (χ3n) is 4.72. The second-order valence-corrected chi connectivity index (χ2v) is 7.03. The number of ether oxygens (including phenoxy) is 1. The molecule has 0 saturated heterocycles. The zero-order chi connectivity index (χ0) is 21.6. The van der Waals surface area contributed by atoms with Gasteiger partial charge in [0.05, 0.1) is 12.2 Å². The fraction of sp³-hybridized carbons (Fsp3) is 0.0714. The normalized spacial score (nSPS) is 10.2. The highest BCUT2D eigenvalue weighted by Crippen LogP contribution is 2.17. The lowest BCUT2D eigenvalue weighted by Crippen LogP contribution is -1.91. The molecule has 0 N–H and O–H groups in total. The molecule has 0 spiro atoms. The summed E-state index contributed by atoms with van der Waals surface area (Å²) in [6.07, 6.45) is 0. The molecule has 0 radical (unpaired) electrons. The summed E-state index contributed by atoms with van der Waals surface area (Å²) in [5, 5.41) is 1.79. The van der Waals surface area contributed by atoms with E-state index in [0.29, 0.717) is 12.2 Å². The van der Waals surface area contributed by atoms with Gasteiger partial charge in [-0.3, -0.25) is 0 Å². The summed E-state index contributed by atoms with van der Waals surface area (Å²) in [4.78, 5) is 0. The Labute approximate surface area is 180 Å². The summed E-state index contributed by atoms with van der Waals surface area (Å²) in [7, 11) is 1.57. The first-order valence-corrected chi connectivity index (χ1v) is 9.71. The van der Waals surface area contributed by atoms with Crippen molar-refractivity contribution in [1.82, 2.24) is 0 Å². The van der Waals surface area contributed by atoms with Gasteiger partial charge in [0.15, 0.2) is 0 Å². The molecule has 4 rings (SSSR count). The van der Waals surface area contributed by atoms with E-state index in [2.05, 4.69) is 23.7 Å². The molecule has 4 aromatic carbocycles. The molecule has 0 bridgehead atoms. The van der Waals surface area contributed by atoms with Crippen molar-refractivity contribution in [2.24, 2.45) is 0 Å². The Morgan fingerprint density at radius 3 is 1.97 bits per heavy atom. The van der Waals surface area contributed by atoms with Gasteiger partial charge >= 0.3 is 0 Å². The highest BCUT2D eigenvalue weighted by atomic mass is 19.1. The first-order chi connectivity index (χ1) is 15.1. The van der Waals surface area contributed by atoms with Crippen LogP contribution in [0.4, 0.5) is 8.78 Å². The van der Waals surface area contributed by atoms with Crippen LogP contribution in [0.15, 0.2) is 78.9 Å². The third-order valence-corrected chi connectivity index (χ3v) is 4.72. The Bertz CT molecular complexity index is 1360. The molecule has 0 aliphatic heterocycles. The standard InChI is InChI=1S/C28H18F2O/c1-31-19-23-10-12-24(28(30)17-23)11-8-21-4-2-20(3-5-21)6-7-22-9-13-26-18-27(29)15-14-25(26)16-22/h2-5,9-10,12-18H,19H2,1H3. The molecule has 0 aliphatic carbocycles. The van der Waals surface area contributed by atoms with Crippen molar-refractivity contribution in [2.45, 2.75) is 6.61 Å². The molecule has 0 aliphatic rings. The van der Waals surface area contributed by atoms with E-state index >= 15 is 0 Å². The molecule has 0 aromatic heterocycles. The molecule has 3 heteroatoms. The van der Waals surface area contributed by atoms with Gasteiger partial charge in [0.2, 0.25) is 0 Å². The highest BCUT2D eigenvalue weighted by Gasteiger charge is 2.01. The summed E-state index contributed by atoms with van der Waals surface area (Å²) in [5.41, 5.74) is 3.60. The van der Waals surface area contributed by atoms with Crippen LogP contribution in [0.5, 0.6) is 0 Å². The molecule has 1 nitrogen and oxygen atoms in total. The van der Waals surface area contributed by atoms with Gasteiger partial charge in [-0.05, 0) is 77.0 Å². The minimum atomic E-state index is -0.359. The first-order valence-electron chi connectivity index (χ1n) is 9.71. The van der Waals surface area contributed by atoms with Crippen LogP contribution < -0.4 is 0 Å². The maximum atomic E-state index is 14.1. The summed E-state index contributed by atoms with van der Waals surface area (Å²) < 4.78 is 32.4. The predicted molar refractivity (Wildman–Crippen MR) is 119 cm³/mol. The van der Waals surface area contributed by atoms with Gasteiger partial charge in [-0.25, -0.2) is 8.78 Å². The van der Waals surface area contributed by atoms with Crippen molar-refractivity contribution in [3.05, 3.63) is 118 Å². The number of halogens is 2. The van der Waals surface area contributed by atoms with Gasteiger partial charge < -0.3 is 4.74 Å². The predicted octanol–water partition coefficient (Wildman–Crippen LogP) is 6.06. The van der Waals surface area contributed by atoms with Crippen LogP contribution in [0.3, 0.4) is 0 Å². The van der Waals surface area contributed by atoms with E-state index in [4.69, 9.17) is 4.74 Å². The van der Waals surface area contributed by atoms with Gasteiger partial charge in [0.1, 0.15) is 11.6 Å². The molecule has 0 atom stereocenters. The maximum Gasteiger partial charge on any atom is 0.139 e. The summed E-state index contributed by atoms with van der Waals surface area (Å²) in [6, 6.07) is 22.8. The molecule has 0 saturated carbocycles. The molecule has 4 aromatic rings. The van der Waals surface area contributed by atoms with E-state index in [0.717, 1.165) is 33.0 Å². The van der Waals surface area contributed by atoms with E-state index < -0.39 is 0 Å².